The molecule has 24 heavy (non-hydrogen) atoms. The van der Waals surface area contributed by atoms with Crippen molar-refractivity contribution in [2.75, 3.05) is 6.54 Å². The number of H-pyrrole nitrogens is 1. The fraction of sp³-hybridized carbons (Fsp3) is 0.474. The van der Waals surface area contributed by atoms with Crippen LogP contribution < -0.4 is 4.74 Å². The Morgan fingerprint density at radius 2 is 2.17 bits per heavy atom. The van der Waals surface area contributed by atoms with Gasteiger partial charge in [0.1, 0.15) is 11.4 Å². The first-order valence-electron chi connectivity index (χ1n) is 8.63. The lowest BCUT2D eigenvalue weighted by Gasteiger charge is -2.39. The smallest absolute Gasteiger partial charge is 0.230 e. The van der Waals surface area contributed by atoms with Crippen molar-refractivity contribution in [3.63, 3.8) is 0 Å². The van der Waals surface area contributed by atoms with Crippen LogP contribution >= 0.6 is 0 Å². The van der Waals surface area contributed by atoms with E-state index >= 15 is 0 Å². The quantitative estimate of drug-likeness (QED) is 0.920. The molecule has 2 aliphatic rings. The van der Waals surface area contributed by atoms with Gasteiger partial charge in [0.25, 0.3) is 0 Å². The number of fused-ring (bicyclic) bond motifs is 1. The Kier molecular flexibility index (Phi) is 3.59. The van der Waals surface area contributed by atoms with Gasteiger partial charge in [-0.25, -0.2) is 0 Å². The number of aromatic amines is 1. The largest absolute Gasteiger partial charge is 0.488 e. The van der Waals surface area contributed by atoms with Crippen molar-refractivity contribution in [3.05, 3.63) is 47.8 Å². The highest BCUT2D eigenvalue weighted by molar-refractivity contribution is 5.85. The van der Waals surface area contributed by atoms with E-state index in [0.29, 0.717) is 6.42 Å². The van der Waals surface area contributed by atoms with E-state index in [1.807, 2.05) is 35.2 Å². The highest BCUT2D eigenvalue weighted by Gasteiger charge is 2.42. The zero-order chi connectivity index (χ0) is 16.7. The van der Waals surface area contributed by atoms with Gasteiger partial charge in [-0.05, 0) is 38.8 Å². The van der Waals surface area contributed by atoms with E-state index in [4.69, 9.17) is 4.74 Å². The fourth-order valence-electron chi connectivity index (χ4n) is 4.03. The van der Waals surface area contributed by atoms with E-state index in [-0.39, 0.29) is 23.5 Å². The second-order valence-corrected chi connectivity index (χ2v) is 7.36. The average Bonchev–Trinajstić information content (AvgIpc) is 3.23. The van der Waals surface area contributed by atoms with Crippen LogP contribution in [0.4, 0.5) is 0 Å². The van der Waals surface area contributed by atoms with Crippen LogP contribution in [0.5, 0.6) is 5.75 Å². The van der Waals surface area contributed by atoms with Crippen LogP contribution in [0.2, 0.25) is 0 Å². The Morgan fingerprint density at radius 1 is 1.33 bits per heavy atom. The molecule has 1 N–H and O–H groups in total. The number of nitrogens with zero attached hydrogens (tertiary/aromatic N) is 2. The van der Waals surface area contributed by atoms with E-state index in [1.54, 1.807) is 6.20 Å². The molecule has 1 aromatic heterocycles. The molecule has 1 fully saturated rings. The average molecular weight is 325 g/mol. The van der Waals surface area contributed by atoms with Crippen molar-refractivity contribution >= 4 is 5.91 Å². The number of rotatable bonds is 2. The van der Waals surface area contributed by atoms with Gasteiger partial charge in [-0.2, -0.15) is 5.10 Å². The number of nitrogens with one attached hydrogen (secondary N) is 1. The van der Waals surface area contributed by atoms with Crippen LogP contribution in [0.15, 0.2) is 36.5 Å². The standard InChI is InChI=1S/C19H23N3O2/c1-19(2)12-14(13-6-3-4-8-17(13)24-19)18(23)22-11-5-7-16(22)15-9-10-20-21-15/h3-4,6,8-10,14,16H,5,7,11-12H2,1-2H3,(H,20,21). The van der Waals surface area contributed by atoms with Gasteiger partial charge in [0.05, 0.1) is 17.7 Å². The molecule has 0 aliphatic carbocycles. The maximum atomic E-state index is 13.4. The number of benzene rings is 1. The lowest BCUT2D eigenvalue weighted by atomic mass is 9.83. The third-order valence-corrected chi connectivity index (χ3v) is 5.09. The van der Waals surface area contributed by atoms with Gasteiger partial charge in [0, 0.05) is 24.7 Å². The number of amides is 1. The first kappa shape index (κ1) is 15.2. The maximum Gasteiger partial charge on any atom is 0.230 e. The summed E-state index contributed by atoms with van der Waals surface area (Å²) in [5, 5.41) is 7.08. The number of likely N-dealkylation sites (tertiary alicyclic amines) is 1. The molecule has 1 aromatic carbocycles. The highest BCUT2D eigenvalue weighted by atomic mass is 16.5. The molecule has 5 heteroatoms. The predicted molar refractivity (Wildman–Crippen MR) is 90.8 cm³/mol. The molecule has 2 aliphatic heterocycles. The molecule has 1 amide bonds. The van der Waals surface area contributed by atoms with Gasteiger partial charge < -0.3 is 9.64 Å². The molecule has 2 atom stereocenters. The summed E-state index contributed by atoms with van der Waals surface area (Å²) in [6, 6.07) is 10.0. The molecule has 0 spiro atoms. The van der Waals surface area contributed by atoms with E-state index in [9.17, 15) is 4.79 Å². The third kappa shape index (κ3) is 2.58. The van der Waals surface area contributed by atoms with Crippen molar-refractivity contribution in [1.29, 1.82) is 0 Å². The van der Waals surface area contributed by atoms with Gasteiger partial charge >= 0.3 is 0 Å². The second-order valence-electron chi connectivity index (χ2n) is 7.36. The summed E-state index contributed by atoms with van der Waals surface area (Å²) in [4.78, 5) is 15.4. The zero-order valence-electron chi connectivity index (χ0n) is 14.2. The zero-order valence-corrected chi connectivity index (χ0v) is 14.2. The molecule has 126 valence electrons. The van der Waals surface area contributed by atoms with Crippen LogP contribution in [-0.2, 0) is 4.79 Å². The maximum absolute atomic E-state index is 13.4. The number of carbonyl (C=O) groups is 1. The Hall–Kier alpha value is -2.30. The summed E-state index contributed by atoms with van der Waals surface area (Å²) in [6.45, 7) is 4.92. The molecule has 0 radical (unpaired) electrons. The Balaban J connectivity index is 1.66. The number of hydrogen-bond acceptors (Lipinski definition) is 3. The summed E-state index contributed by atoms with van der Waals surface area (Å²) in [5.41, 5.74) is 1.70. The SMILES string of the molecule is CC1(C)CC(C(=O)N2CCCC2c2ccn[nH]2)c2ccccc2O1. The van der Waals surface area contributed by atoms with E-state index in [1.165, 1.54) is 0 Å². The van der Waals surface area contributed by atoms with Crippen molar-refractivity contribution in [1.82, 2.24) is 15.1 Å². The molecule has 0 saturated carbocycles. The lowest BCUT2D eigenvalue weighted by molar-refractivity contribution is -0.135. The first-order chi connectivity index (χ1) is 11.6. The third-order valence-electron chi connectivity index (χ3n) is 5.09. The molecular formula is C19H23N3O2. The summed E-state index contributed by atoms with van der Waals surface area (Å²) in [5.74, 6) is 0.897. The number of aromatic nitrogens is 2. The molecule has 0 bridgehead atoms. The minimum absolute atomic E-state index is 0.109. The molecule has 2 unspecified atom stereocenters. The molecule has 2 aromatic rings. The Bertz CT molecular complexity index is 739. The molecular weight excluding hydrogens is 302 g/mol. The van der Waals surface area contributed by atoms with Crippen LogP contribution in [-0.4, -0.2) is 33.2 Å². The van der Waals surface area contributed by atoms with Crippen molar-refractivity contribution in [2.45, 2.75) is 50.7 Å². The van der Waals surface area contributed by atoms with Crippen molar-refractivity contribution in [3.8, 4) is 5.75 Å². The van der Waals surface area contributed by atoms with Crippen molar-refractivity contribution < 1.29 is 9.53 Å². The van der Waals surface area contributed by atoms with Gasteiger partial charge in [-0.3, -0.25) is 9.89 Å². The van der Waals surface area contributed by atoms with Crippen molar-refractivity contribution in [2.24, 2.45) is 0 Å². The van der Waals surface area contributed by atoms with E-state index < -0.39 is 0 Å². The summed E-state index contributed by atoms with van der Waals surface area (Å²) >= 11 is 0. The molecule has 5 nitrogen and oxygen atoms in total. The second kappa shape index (κ2) is 5.65. The number of ether oxygens (including phenoxy) is 1. The molecule has 3 heterocycles. The van der Waals surface area contributed by atoms with Gasteiger partial charge in [-0.15, -0.1) is 0 Å². The van der Waals surface area contributed by atoms with E-state index in [2.05, 4.69) is 24.0 Å². The molecule has 1 saturated heterocycles. The minimum atomic E-state index is -0.335. The Morgan fingerprint density at radius 3 is 2.96 bits per heavy atom. The van der Waals surface area contributed by atoms with E-state index in [0.717, 1.165) is 36.4 Å². The molecule has 4 rings (SSSR count). The van der Waals surface area contributed by atoms with Gasteiger partial charge in [-0.1, -0.05) is 18.2 Å². The number of hydrogen-bond donors (Lipinski definition) is 1. The number of carbonyl (C=O) groups excluding carboxylic acids is 1. The van der Waals surface area contributed by atoms with Gasteiger partial charge in [0.2, 0.25) is 5.91 Å². The summed E-state index contributed by atoms with van der Waals surface area (Å²) < 4.78 is 6.07. The topological polar surface area (TPSA) is 58.2 Å². The lowest BCUT2D eigenvalue weighted by Crippen LogP contribution is -2.42. The Labute approximate surface area is 142 Å². The van der Waals surface area contributed by atoms with Gasteiger partial charge in [0.15, 0.2) is 0 Å². The predicted octanol–water partition coefficient (Wildman–Crippen LogP) is 3.42. The number of para-hydroxylation sites is 1. The van der Waals surface area contributed by atoms with Crippen LogP contribution in [0, 0.1) is 0 Å². The fourth-order valence-corrected chi connectivity index (χ4v) is 4.03. The summed E-state index contributed by atoms with van der Waals surface area (Å²) in [6.07, 6.45) is 4.48. The van der Waals surface area contributed by atoms with Crippen LogP contribution in [0.3, 0.4) is 0 Å². The summed E-state index contributed by atoms with van der Waals surface area (Å²) in [7, 11) is 0. The van der Waals surface area contributed by atoms with Crippen LogP contribution in [0.25, 0.3) is 0 Å². The minimum Gasteiger partial charge on any atom is -0.488 e. The first-order valence-corrected chi connectivity index (χ1v) is 8.63. The normalized spacial score (nSPS) is 25.2. The van der Waals surface area contributed by atoms with Crippen LogP contribution in [0.1, 0.15) is 56.3 Å². The monoisotopic (exact) mass is 325 g/mol. The highest BCUT2D eigenvalue weighted by Crippen LogP contribution is 2.43.